The van der Waals surface area contributed by atoms with E-state index in [1.807, 2.05) is 19.2 Å². The molecule has 0 radical (unpaired) electrons. The van der Waals surface area contributed by atoms with Crippen molar-refractivity contribution in [1.29, 1.82) is 0 Å². The van der Waals surface area contributed by atoms with Gasteiger partial charge >= 0.3 is 5.97 Å². The summed E-state index contributed by atoms with van der Waals surface area (Å²) in [4.78, 5) is 12.7. The molecule has 35 heavy (non-hydrogen) atoms. The highest BCUT2D eigenvalue weighted by atomic mass is 16.4. The van der Waals surface area contributed by atoms with Gasteiger partial charge in [-0.1, -0.05) is 48.2 Å². The number of unbranched alkanes of at least 4 members (excludes halogenated alkanes) is 1. The van der Waals surface area contributed by atoms with Crippen LogP contribution in [-0.2, 0) is 17.8 Å². The van der Waals surface area contributed by atoms with E-state index in [4.69, 9.17) is 5.11 Å². The Morgan fingerprint density at radius 3 is 2.57 bits per heavy atom. The van der Waals surface area contributed by atoms with Crippen molar-refractivity contribution < 1.29 is 15.0 Å². The molecule has 0 heterocycles. The molecule has 0 bridgehead atoms. The van der Waals surface area contributed by atoms with Gasteiger partial charge in [0.15, 0.2) is 0 Å². The van der Waals surface area contributed by atoms with E-state index in [1.165, 1.54) is 5.56 Å². The lowest BCUT2D eigenvalue weighted by Gasteiger charge is -2.29. The Labute approximate surface area is 211 Å². The summed E-state index contributed by atoms with van der Waals surface area (Å²) in [5, 5.41) is 22.9. The van der Waals surface area contributed by atoms with E-state index in [1.54, 1.807) is 0 Å². The van der Waals surface area contributed by atoms with Crippen LogP contribution in [0.5, 0.6) is 0 Å². The number of aliphatic hydroxyl groups excluding tert-OH is 1. The minimum atomic E-state index is -0.781. The Bertz CT molecular complexity index is 976. The van der Waals surface area contributed by atoms with Crippen LogP contribution in [0.3, 0.4) is 0 Å². The summed E-state index contributed by atoms with van der Waals surface area (Å²) in [5.74, 6) is 5.45. The number of aryl methyl sites for hydroxylation is 2. The lowest BCUT2D eigenvalue weighted by Crippen LogP contribution is -2.46. The number of aliphatic hydroxyl groups is 1. The lowest BCUT2D eigenvalue weighted by molar-refractivity contribution is -0.137. The number of carboxylic acids is 1. The van der Waals surface area contributed by atoms with Gasteiger partial charge in [-0.15, -0.1) is 0 Å². The molecule has 0 aromatic heterocycles. The maximum absolute atomic E-state index is 10.6. The second-order valence-electron chi connectivity index (χ2n) is 10.2. The van der Waals surface area contributed by atoms with Gasteiger partial charge in [0.25, 0.3) is 0 Å². The summed E-state index contributed by atoms with van der Waals surface area (Å²) < 4.78 is 0. The lowest BCUT2D eigenvalue weighted by atomic mass is 9.95. The molecule has 0 aliphatic carbocycles. The van der Waals surface area contributed by atoms with Crippen LogP contribution in [0.25, 0.3) is 0 Å². The van der Waals surface area contributed by atoms with E-state index in [2.05, 4.69) is 79.2 Å². The molecule has 2 aromatic carbocycles. The monoisotopic (exact) mass is 478 g/mol. The SMILES string of the molecule is Cc1cc(C#CCCCC(=O)O)cc(CN(C)C[C@H](O)CNC(C)(C)CCCc2ccccc2)c1. The first-order valence-electron chi connectivity index (χ1n) is 12.6. The second kappa shape index (κ2) is 14.7. The van der Waals surface area contributed by atoms with Crippen molar-refractivity contribution in [2.24, 2.45) is 0 Å². The Kier molecular flexibility index (Phi) is 12.0. The van der Waals surface area contributed by atoms with Crippen molar-refractivity contribution in [1.82, 2.24) is 10.2 Å². The quantitative estimate of drug-likeness (QED) is 0.269. The molecule has 0 aliphatic heterocycles. The summed E-state index contributed by atoms with van der Waals surface area (Å²) in [6, 6.07) is 16.8. The molecule has 0 saturated heterocycles. The first-order chi connectivity index (χ1) is 16.6. The van der Waals surface area contributed by atoms with E-state index in [0.717, 1.165) is 42.5 Å². The minimum Gasteiger partial charge on any atom is -0.481 e. The summed E-state index contributed by atoms with van der Waals surface area (Å²) >= 11 is 0. The number of nitrogens with zero attached hydrogens (tertiary/aromatic N) is 1. The second-order valence-corrected chi connectivity index (χ2v) is 10.2. The normalized spacial score (nSPS) is 12.3. The summed E-state index contributed by atoms with van der Waals surface area (Å²) in [6.07, 6.45) is 4.08. The van der Waals surface area contributed by atoms with Crippen LogP contribution in [0.1, 0.15) is 68.2 Å². The van der Waals surface area contributed by atoms with Crippen molar-refractivity contribution in [2.75, 3.05) is 20.1 Å². The van der Waals surface area contributed by atoms with Gasteiger partial charge in [0.2, 0.25) is 0 Å². The summed E-state index contributed by atoms with van der Waals surface area (Å²) in [6.45, 7) is 8.32. The zero-order chi connectivity index (χ0) is 25.7. The molecule has 5 heteroatoms. The number of hydrogen-bond donors (Lipinski definition) is 3. The first kappa shape index (κ1) is 28.6. The minimum absolute atomic E-state index is 0.0249. The topological polar surface area (TPSA) is 72.8 Å². The summed E-state index contributed by atoms with van der Waals surface area (Å²) in [7, 11) is 2.02. The molecule has 190 valence electrons. The van der Waals surface area contributed by atoms with Crippen molar-refractivity contribution in [2.45, 2.75) is 77.5 Å². The van der Waals surface area contributed by atoms with E-state index in [-0.39, 0.29) is 12.0 Å². The predicted molar refractivity (Wildman–Crippen MR) is 143 cm³/mol. The van der Waals surface area contributed by atoms with Gasteiger partial charge in [-0.05, 0) is 82.3 Å². The maximum Gasteiger partial charge on any atom is 0.303 e. The number of likely N-dealkylation sites (N-methyl/N-ethyl adjacent to an activating group) is 1. The molecule has 2 rings (SSSR count). The molecule has 5 nitrogen and oxygen atoms in total. The fourth-order valence-corrected chi connectivity index (χ4v) is 4.18. The molecule has 2 aromatic rings. The number of carboxylic acid groups (broad SMARTS) is 1. The smallest absolute Gasteiger partial charge is 0.303 e. The van der Waals surface area contributed by atoms with E-state index >= 15 is 0 Å². The van der Waals surface area contributed by atoms with Crippen molar-refractivity contribution in [3.63, 3.8) is 0 Å². The number of β-amino-alcohol motifs (C(OH)–C–C–N with tert-alkyl or cyclic N) is 1. The number of hydrogen-bond acceptors (Lipinski definition) is 4. The molecule has 3 N–H and O–H groups in total. The molecule has 0 spiro atoms. The van der Waals surface area contributed by atoms with Crippen LogP contribution in [0.4, 0.5) is 0 Å². The van der Waals surface area contributed by atoms with Gasteiger partial charge in [-0.2, -0.15) is 0 Å². The van der Waals surface area contributed by atoms with Crippen molar-refractivity contribution in [3.8, 4) is 11.8 Å². The number of rotatable bonds is 14. The first-order valence-corrected chi connectivity index (χ1v) is 12.6. The van der Waals surface area contributed by atoms with Crippen LogP contribution in [0.2, 0.25) is 0 Å². The molecule has 0 amide bonds. The third-order valence-electron chi connectivity index (χ3n) is 5.96. The highest BCUT2D eigenvalue weighted by Crippen LogP contribution is 2.15. The Balaban J connectivity index is 1.76. The van der Waals surface area contributed by atoms with Crippen molar-refractivity contribution >= 4 is 5.97 Å². The van der Waals surface area contributed by atoms with Gasteiger partial charge in [0, 0.05) is 43.6 Å². The summed E-state index contributed by atoms with van der Waals surface area (Å²) in [5.41, 5.74) is 4.59. The van der Waals surface area contributed by atoms with Crippen LogP contribution < -0.4 is 5.32 Å². The van der Waals surface area contributed by atoms with Crippen LogP contribution in [0.15, 0.2) is 48.5 Å². The zero-order valence-electron chi connectivity index (χ0n) is 21.8. The number of aliphatic carboxylic acids is 1. The van der Waals surface area contributed by atoms with E-state index in [0.29, 0.717) is 25.9 Å². The third-order valence-corrected chi connectivity index (χ3v) is 5.96. The van der Waals surface area contributed by atoms with Gasteiger partial charge in [0.05, 0.1) is 6.10 Å². The Hall–Kier alpha value is -2.65. The number of nitrogens with one attached hydrogen (secondary N) is 1. The Morgan fingerprint density at radius 2 is 1.86 bits per heavy atom. The van der Waals surface area contributed by atoms with Gasteiger partial charge in [-0.25, -0.2) is 0 Å². The largest absolute Gasteiger partial charge is 0.481 e. The van der Waals surface area contributed by atoms with Crippen molar-refractivity contribution in [3.05, 3.63) is 70.8 Å². The molecular weight excluding hydrogens is 436 g/mol. The highest BCUT2D eigenvalue weighted by molar-refractivity contribution is 5.66. The maximum atomic E-state index is 10.6. The highest BCUT2D eigenvalue weighted by Gasteiger charge is 2.19. The fourth-order valence-electron chi connectivity index (χ4n) is 4.18. The molecule has 0 unspecified atom stereocenters. The average Bonchev–Trinajstić information content (AvgIpc) is 2.77. The van der Waals surface area contributed by atoms with E-state index < -0.39 is 12.1 Å². The van der Waals surface area contributed by atoms with Crippen LogP contribution in [-0.4, -0.2) is 52.9 Å². The number of carbonyl (C=O) groups is 1. The predicted octanol–water partition coefficient (Wildman–Crippen LogP) is 4.79. The fraction of sp³-hybridized carbons (Fsp3) is 0.500. The van der Waals surface area contributed by atoms with Gasteiger partial charge in [0.1, 0.15) is 0 Å². The number of benzene rings is 2. The van der Waals surface area contributed by atoms with Gasteiger partial charge in [-0.3, -0.25) is 9.69 Å². The van der Waals surface area contributed by atoms with Crippen LogP contribution >= 0.6 is 0 Å². The molecular formula is C30H42N2O3. The molecule has 0 aliphatic rings. The average molecular weight is 479 g/mol. The standard InChI is InChI=1S/C30H42N2O3/c1-24-18-26(14-9-6-10-16-29(34)35)20-27(19-24)22-32(4)23-28(33)21-31-30(2,3)17-11-15-25-12-7-5-8-13-25/h5,7-8,12-13,18-20,28,31,33H,6,10-11,15-17,21-23H2,1-4H3,(H,34,35)/t28-/m1/s1. The Morgan fingerprint density at radius 1 is 1.11 bits per heavy atom. The van der Waals surface area contributed by atoms with E-state index in [9.17, 15) is 9.90 Å². The molecule has 0 saturated carbocycles. The van der Waals surface area contributed by atoms with Gasteiger partial charge < -0.3 is 15.5 Å². The zero-order valence-corrected chi connectivity index (χ0v) is 21.8. The van der Waals surface area contributed by atoms with Crippen LogP contribution in [0, 0.1) is 18.8 Å². The molecule has 0 fully saturated rings. The third kappa shape index (κ3) is 12.6. The molecule has 1 atom stereocenters.